The number of anilines is 1. The molecule has 0 saturated carbocycles. The lowest BCUT2D eigenvalue weighted by Crippen LogP contribution is -2.27. The number of ether oxygens (including phenoxy) is 1. The van der Waals surface area contributed by atoms with E-state index in [0.717, 1.165) is 11.3 Å². The van der Waals surface area contributed by atoms with Gasteiger partial charge in [-0.1, -0.05) is 35.5 Å². The Labute approximate surface area is 145 Å². The molecule has 2 aromatic carbocycles. The molecule has 3 rings (SSSR count). The summed E-state index contributed by atoms with van der Waals surface area (Å²) in [6.07, 6.45) is 0. The van der Waals surface area contributed by atoms with Crippen LogP contribution in [-0.4, -0.2) is 28.0 Å². The number of carbonyl (C=O) groups excluding carboxylic acids is 1. The Balaban J connectivity index is 1.79. The Morgan fingerprint density at radius 3 is 2.48 bits per heavy atom. The summed E-state index contributed by atoms with van der Waals surface area (Å²) < 4.78 is 6.54. The van der Waals surface area contributed by atoms with Gasteiger partial charge in [0, 0.05) is 0 Å². The molecule has 7 nitrogen and oxygen atoms in total. The minimum absolute atomic E-state index is 0.0959. The normalized spacial score (nSPS) is 11.8. The highest BCUT2D eigenvalue weighted by molar-refractivity contribution is 5.96. The fourth-order valence-electron chi connectivity index (χ4n) is 2.46. The Morgan fingerprint density at radius 1 is 1.16 bits per heavy atom. The topological polar surface area (TPSA) is 95.1 Å². The molecule has 3 N–H and O–H groups in total. The van der Waals surface area contributed by atoms with Crippen LogP contribution in [0.15, 0.2) is 54.6 Å². The number of nitrogens with two attached hydrogens (primary N) is 1. The fourth-order valence-corrected chi connectivity index (χ4v) is 2.46. The molecule has 1 aromatic heterocycles. The van der Waals surface area contributed by atoms with E-state index in [2.05, 4.69) is 15.6 Å². The molecule has 0 aliphatic rings. The predicted octanol–water partition coefficient (Wildman–Crippen LogP) is 2.35. The average molecular weight is 337 g/mol. The van der Waals surface area contributed by atoms with Crippen molar-refractivity contribution in [3.05, 3.63) is 65.9 Å². The van der Waals surface area contributed by atoms with Crippen LogP contribution in [0.4, 0.5) is 5.82 Å². The van der Waals surface area contributed by atoms with Crippen molar-refractivity contribution in [3.8, 4) is 11.4 Å². The number of nitrogen functional groups attached to an aromatic ring is 1. The molecule has 7 heteroatoms. The van der Waals surface area contributed by atoms with E-state index in [1.165, 1.54) is 4.68 Å². The number of aromatic nitrogens is 3. The molecule has 0 unspecified atom stereocenters. The van der Waals surface area contributed by atoms with Crippen LogP contribution in [0.2, 0.25) is 0 Å². The maximum Gasteiger partial charge on any atom is 0.276 e. The summed E-state index contributed by atoms with van der Waals surface area (Å²) in [5, 5.41) is 10.8. The minimum atomic E-state index is -0.367. The number of amides is 1. The van der Waals surface area contributed by atoms with Crippen molar-refractivity contribution in [3.63, 3.8) is 0 Å². The first-order valence-corrected chi connectivity index (χ1v) is 7.81. The van der Waals surface area contributed by atoms with E-state index in [1.807, 2.05) is 37.3 Å². The molecule has 1 heterocycles. The number of nitrogens with one attached hydrogen (secondary N) is 1. The lowest BCUT2D eigenvalue weighted by atomic mass is 10.1. The molecule has 0 fully saturated rings. The molecule has 0 radical (unpaired) electrons. The molecule has 128 valence electrons. The van der Waals surface area contributed by atoms with Crippen LogP contribution in [-0.2, 0) is 0 Å². The Bertz CT molecular complexity index is 859. The third kappa shape index (κ3) is 3.45. The van der Waals surface area contributed by atoms with E-state index < -0.39 is 0 Å². The van der Waals surface area contributed by atoms with E-state index in [-0.39, 0.29) is 23.5 Å². The summed E-state index contributed by atoms with van der Waals surface area (Å²) in [4.78, 5) is 12.5. The molecular weight excluding hydrogens is 318 g/mol. The number of hydrogen-bond donors (Lipinski definition) is 2. The van der Waals surface area contributed by atoms with Gasteiger partial charge in [-0.25, -0.2) is 0 Å². The molecule has 3 aromatic rings. The van der Waals surface area contributed by atoms with Gasteiger partial charge in [-0.05, 0) is 36.8 Å². The zero-order valence-corrected chi connectivity index (χ0v) is 14.0. The minimum Gasteiger partial charge on any atom is -0.497 e. The second-order valence-electron chi connectivity index (χ2n) is 5.54. The van der Waals surface area contributed by atoms with Gasteiger partial charge in [0.15, 0.2) is 11.5 Å². The highest BCUT2D eigenvalue weighted by Gasteiger charge is 2.20. The van der Waals surface area contributed by atoms with E-state index in [1.54, 1.807) is 31.4 Å². The van der Waals surface area contributed by atoms with Gasteiger partial charge in [0.05, 0.1) is 18.8 Å². The van der Waals surface area contributed by atoms with E-state index in [0.29, 0.717) is 5.69 Å². The van der Waals surface area contributed by atoms with Crippen LogP contribution in [0.25, 0.3) is 5.69 Å². The Morgan fingerprint density at radius 2 is 1.84 bits per heavy atom. The number of rotatable bonds is 5. The first kappa shape index (κ1) is 16.5. The zero-order chi connectivity index (χ0) is 17.8. The zero-order valence-electron chi connectivity index (χ0n) is 14.0. The number of methoxy groups -OCH3 is 1. The molecule has 0 saturated heterocycles. The SMILES string of the molecule is COc1ccc(-n2nnc(C(=O)N[C@@H](C)c3ccccc3)c2N)cc1. The Hall–Kier alpha value is -3.35. The molecule has 0 aliphatic heterocycles. The van der Waals surface area contributed by atoms with Crippen LogP contribution >= 0.6 is 0 Å². The summed E-state index contributed by atoms with van der Waals surface area (Å²) in [6.45, 7) is 1.90. The third-order valence-electron chi connectivity index (χ3n) is 3.88. The van der Waals surface area contributed by atoms with E-state index >= 15 is 0 Å². The van der Waals surface area contributed by atoms with Gasteiger partial charge in [-0.15, -0.1) is 5.10 Å². The van der Waals surface area contributed by atoms with Gasteiger partial charge >= 0.3 is 0 Å². The number of nitrogens with zero attached hydrogens (tertiary/aromatic N) is 3. The number of hydrogen-bond acceptors (Lipinski definition) is 5. The van der Waals surface area contributed by atoms with Crippen molar-refractivity contribution in [1.29, 1.82) is 0 Å². The first-order valence-electron chi connectivity index (χ1n) is 7.81. The van der Waals surface area contributed by atoms with Crippen LogP contribution in [0.3, 0.4) is 0 Å². The highest BCUT2D eigenvalue weighted by Crippen LogP contribution is 2.19. The van der Waals surface area contributed by atoms with Gasteiger partial charge in [-0.3, -0.25) is 4.79 Å². The highest BCUT2D eigenvalue weighted by atomic mass is 16.5. The molecule has 25 heavy (non-hydrogen) atoms. The molecule has 1 amide bonds. The standard InChI is InChI=1S/C18H19N5O2/c1-12(13-6-4-3-5-7-13)20-18(24)16-17(19)23(22-21-16)14-8-10-15(25-2)11-9-14/h3-12H,19H2,1-2H3,(H,20,24)/t12-/m0/s1. The lowest BCUT2D eigenvalue weighted by molar-refractivity contribution is 0.0935. The quantitative estimate of drug-likeness (QED) is 0.745. The summed E-state index contributed by atoms with van der Waals surface area (Å²) in [7, 11) is 1.59. The summed E-state index contributed by atoms with van der Waals surface area (Å²) in [6, 6.07) is 16.6. The molecule has 0 spiro atoms. The molecule has 1 atom stereocenters. The average Bonchev–Trinajstić information content (AvgIpc) is 3.04. The van der Waals surface area contributed by atoms with Gasteiger partial charge in [0.1, 0.15) is 5.75 Å². The molecule has 0 bridgehead atoms. The van der Waals surface area contributed by atoms with Crippen molar-refractivity contribution >= 4 is 11.7 Å². The van der Waals surface area contributed by atoms with Gasteiger partial charge in [0.2, 0.25) is 0 Å². The van der Waals surface area contributed by atoms with E-state index in [4.69, 9.17) is 10.5 Å². The lowest BCUT2D eigenvalue weighted by Gasteiger charge is -2.13. The summed E-state index contributed by atoms with van der Waals surface area (Å²) in [5.41, 5.74) is 7.86. The second kappa shape index (κ2) is 7.04. The van der Waals surface area contributed by atoms with Gasteiger partial charge in [-0.2, -0.15) is 4.68 Å². The number of benzene rings is 2. The molecular formula is C18H19N5O2. The van der Waals surface area contributed by atoms with Gasteiger partial charge in [0.25, 0.3) is 5.91 Å². The summed E-state index contributed by atoms with van der Waals surface area (Å²) >= 11 is 0. The van der Waals surface area contributed by atoms with Crippen LogP contribution in [0, 0.1) is 0 Å². The maximum absolute atomic E-state index is 12.5. The molecule has 0 aliphatic carbocycles. The Kier molecular flexibility index (Phi) is 4.65. The van der Waals surface area contributed by atoms with E-state index in [9.17, 15) is 4.79 Å². The fraction of sp³-hybridized carbons (Fsp3) is 0.167. The second-order valence-corrected chi connectivity index (χ2v) is 5.54. The van der Waals surface area contributed by atoms with Crippen LogP contribution < -0.4 is 15.8 Å². The van der Waals surface area contributed by atoms with Crippen molar-refractivity contribution in [2.45, 2.75) is 13.0 Å². The van der Waals surface area contributed by atoms with Gasteiger partial charge < -0.3 is 15.8 Å². The third-order valence-corrected chi connectivity index (χ3v) is 3.88. The largest absolute Gasteiger partial charge is 0.497 e. The smallest absolute Gasteiger partial charge is 0.276 e. The van der Waals surface area contributed by atoms with Crippen LogP contribution in [0.5, 0.6) is 5.75 Å². The number of carbonyl (C=O) groups is 1. The van der Waals surface area contributed by atoms with Crippen molar-refractivity contribution in [1.82, 2.24) is 20.3 Å². The van der Waals surface area contributed by atoms with Crippen LogP contribution in [0.1, 0.15) is 29.0 Å². The maximum atomic E-state index is 12.5. The van der Waals surface area contributed by atoms with Crippen molar-refractivity contribution in [2.24, 2.45) is 0 Å². The summed E-state index contributed by atoms with van der Waals surface area (Å²) in [5.74, 6) is 0.536. The monoisotopic (exact) mass is 337 g/mol. The predicted molar refractivity (Wildman–Crippen MR) is 94.6 cm³/mol. The van der Waals surface area contributed by atoms with Crippen molar-refractivity contribution in [2.75, 3.05) is 12.8 Å². The first-order chi connectivity index (χ1) is 12.1. The van der Waals surface area contributed by atoms with Crippen molar-refractivity contribution < 1.29 is 9.53 Å².